The molecule has 0 aromatic heterocycles. The van der Waals surface area contributed by atoms with Crippen molar-refractivity contribution in [2.45, 2.75) is 0 Å². The molecule has 0 rings (SSSR count). The summed E-state index contributed by atoms with van der Waals surface area (Å²) >= 11 is 0. The Labute approximate surface area is 71.5 Å². The summed E-state index contributed by atoms with van der Waals surface area (Å²) < 4.78 is 0. The minimum Gasteiger partial charge on any atom is -2.00 e. The summed E-state index contributed by atoms with van der Waals surface area (Å²) in [6.45, 7) is 0. The number of hydrogen-bond donors (Lipinski definition) is 0. The van der Waals surface area contributed by atoms with E-state index >= 15 is 0 Å². The van der Waals surface area contributed by atoms with E-state index in [-0.39, 0.29) is 72.3 Å². The number of hydrogen-bond acceptors (Lipinski definition) is 0. The van der Waals surface area contributed by atoms with Crippen molar-refractivity contribution in [1.29, 1.82) is 0 Å². The molecule has 0 aromatic rings. The van der Waals surface area contributed by atoms with Gasteiger partial charge in [-0.25, -0.2) is 0 Å². The second-order valence-corrected chi connectivity index (χ2v) is 0. The standard InChI is InChI=1S/Mo.3Se/q+6;3*-2. The zero-order valence-electron chi connectivity index (χ0n) is 1.63. The maximum atomic E-state index is 0. The van der Waals surface area contributed by atoms with Crippen LogP contribution in [0.1, 0.15) is 0 Å². The van der Waals surface area contributed by atoms with Gasteiger partial charge >= 0.3 is 21.1 Å². The van der Waals surface area contributed by atoms with Crippen molar-refractivity contribution in [2.75, 3.05) is 0 Å². The molecular weight excluding hydrogens is 333 g/mol. The molecule has 0 fully saturated rings. The van der Waals surface area contributed by atoms with Crippen LogP contribution in [0.5, 0.6) is 0 Å². The van der Waals surface area contributed by atoms with Gasteiger partial charge in [-0.1, -0.05) is 0 Å². The van der Waals surface area contributed by atoms with Crippen LogP contribution < -0.4 is 0 Å². The van der Waals surface area contributed by atoms with Crippen LogP contribution in [-0.2, 0) is 21.1 Å². The summed E-state index contributed by atoms with van der Waals surface area (Å²) in [7, 11) is 0. The SMILES string of the molecule is [Mo+6].[Se-2].[Se-2].[Se-2]. The first kappa shape index (κ1) is 34.1. The first-order valence-corrected chi connectivity index (χ1v) is 0. The molecule has 0 atom stereocenters. The van der Waals surface area contributed by atoms with Gasteiger partial charge in [0, 0.05) is 0 Å². The first-order valence-electron chi connectivity index (χ1n) is 0. The predicted molar refractivity (Wildman–Crippen MR) is 17.3 cm³/mol. The summed E-state index contributed by atoms with van der Waals surface area (Å²) in [5, 5.41) is 0. The summed E-state index contributed by atoms with van der Waals surface area (Å²) in [6.07, 6.45) is 0. The third-order valence-electron chi connectivity index (χ3n) is 0. The molecule has 0 heterocycles. The fraction of sp³-hybridized carbons (Fsp3) is 0. The van der Waals surface area contributed by atoms with Crippen LogP contribution in [0, 0.1) is 0 Å². The fourth-order valence-corrected chi connectivity index (χ4v) is 0. The van der Waals surface area contributed by atoms with Crippen LogP contribution in [-0.4, -0.2) is 51.2 Å². The Bertz CT molecular complexity index is 3.25. The molecule has 24 valence electrons. The normalized spacial score (nSPS) is 0. The Morgan fingerprint density at radius 3 is 0.500 bits per heavy atom. The summed E-state index contributed by atoms with van der Waals surface area (Å²) in [5.74, 6) is 0. The fourth-order valence-electron chi connectivity index (χ4n) is 0. The summed E-state index contributed by atoms with van der Waals surface area (Å²) in [5.41, 5.74) is 0. The smallest absolute Gasteiger partial charge is 2.00 e. The molecule has 0 saturated carbocycles. The van der Waals surface area contributed by atoms with E-state index in [9.17, 15) is 0 Å². The van der Waals surface area contributed by atoms with Crippen LogP contribution in [0.25, 0.3) is 0 Å². The Balaban J connectivity index is 0. The van der Waals surface area contributed by atoms with Gasteiger partial charge in [0.2, 0.25) is 0 Å². The zero-order chi connectivity index (χ0) is 0. The van der Waals surface area contributed by atoms with Gasteiger partial charge in [-0.3, -0.25) is 0 Å². The zero-order valence-corrected chi connectivity index (χ0v) is 8.78. The van der Waals surface area contributed by atoms with Gasteiger partial charge in [0.25, 0.3) is 0 Å². The number of rotatable bonds is 0. The van der Waals surface area contributed by atoms with Gasteiger partial charge in [-0.05, 0) is 0 Å². The maximum Gasteiger partial charge on any atom is 6.00 e. The quantitative estimate of drug-likeness (QED) is 0.492. The van der Waals surface area contributed by atoms with E-state index in [2.05, 4.69) is 0 Å². The Morgan fingerprint density at radius 1 is 0.500 bits per heavy atom. The first-order chi connectivity index (χ1) is 0. The molecule has 0 spiro atoms. The van der Waals surface area contributed by atoms with Crippen molar-refractivity contribution in [2.24, 2.45) is 0 Å². The van der Waals surface area contributed by atoms with Crippen LogP contribution in [0.3, 0.4) is 0 Å². The second kappa shape index (κ2) is 18.7. The van der Waals surface area contributed by atoms with E-state index in [1.807, 2.05) is 0 Å². The van der Waals surface area contributed by atoms with Crippen molar-refractivity contribution in [3.63, 3.8) is 0 Å². The van der Waals surface area contributed by atoms with Crippen molar-refractivity contribution in [3.8, 4) is 0 Å². The van der Waals surface area contributed by atoms with E-state index in [0.717, 1.165) is 0 Å². The molecule has 4 heteroatoms. The Kier molecular flexibility index (Phi) is 160. The van der Waals surface area contributed by atoms with Crippen LogP contribution in [0.2, 0.25) is 0 Å². The topological polar surface area (TPSA) is 0 Å². The molecule has 0 unspecified atom stereocenters. The molecule has 0 aliphatic heterocycles. The molecule has 0 bridgehead atoms. The van der Waals surface area contributed by atoms with Crippen molar-refractivity contribution in [3.05, 3.63) is 0 Å². The molecule has 0 amide bonds. The molecule has 0 aromatic carbocycles. The molecule has 0 saturated heterocycles. The summed E-state index contributed by atoms with van der Waals surface area (Å²) in [6, 6.07) is 0. The minimum atomic E-state index is 0. The van der Waals surface area contributed by atoms with Crippen molar-refractivity contribution in [1.82, 2.24) is 0 Å². The predicted octanol–water partition coefficient (Wildman–Crippen LogP) is -1.14. The van der Waals surface area contributed by atoms with Gasteiger partial charge in [0.1, 0.15) is 0 Å². The van der Waals surface area contributed by atoms with Crippen LogP contribution >= 0.6 is 0 Å². The van der Waals surface area contributed by atoms with Crippen LogP contribution in [0.4, 0.5) is 0 Å². The van der Waals surface area contributed by atoms with Gasteiger partial charge < -0.3 is 51.2 Å². The second-order valence-electron chi connectivity index (χ2n) is 0. The van der Waals surface area contributed by atoms with Crippen molar-refractivity contribution >= 4 is 51.2 Å². The van der Waals surface area contributed by atoms with Gasteiger partial charge in [0.15, 0.2) is 0 Å². The van der Waals surface area contributed by atoms with Crippen molar-refractivity contribution < 1.29 is 21.1 Å². The molecule has 0 radical (unpaired) electrons. The molecule has 0 N–H and O–H groups in total. The maximum absolute atomic E-state index is 0. The molecule has 0 aliphatic rings. The monoisotopic (exact) mass is 338 g/mol. The third-order valence-corrected chi connectivity index (χ3v) is 0. The molecular formula is MoSe3. The Morgan fingerprint density at radius 2 is 0.500 bits per heavy atom. The third kappa shape index (κ3) is 8.87. The minimum absolute atomic E-state index is 0. The van der Waals surface area contributed by atoms with E-state index in [0.29, 0.717) is 0 Å². The summed E-state index contributed by atoms with van der Waals surface area (Å²) in [4.78, 5) is 0. The largest absolute Gasteiger partial charge is 6.00 e. The van der Waals surface area contributed by atoms with Crippen LogP contribution in [0.15, 0.2) is 0 Å². The molecule has 4 heavy (non-hydrogen) atoms. The van der Waals surface area contributed by atoms with Gasteiger partial charge in [-0.15, -0.1) is 0 Å². The molecule has 0 aliphatic carbocycles. The van der Waals surface area contributed by atoms with Gasteiger partial charge in [0.05, 0.1) is 0 Å². The average molecular weight is 333 g/mol. The van der Waals surface area contributed by atoms with E-state index < -0.39 is 0 Å². The van der Waals surface area contributed by atoms with E-state index in [1.165, 1.54) is 0 Å². The Hall–Kier alpha value is 2.25. The van der Waals surface area contributed by atoms with Gasteiger partial charge in [-0.2, -0.15) is 0 Å². The molecule has 0 nitrogen and oxygen atoms in total. The van der Waals surface area contributed by atoms with E-state index in [4.69, 9.17) is 0 Å². The average Bonchev–Trinajstić information content (AvgIpc) is 0. The van der Waals surface area contributed by atoms with E-state index in [1.54, 1.807) is 0 Å².